The Balaban J connectivity index is 1.93. The number of carbonyl (C=O) groups excluding carboxylic acids is 1. The SMILES string of the molecule is CCc1nn(C)cc1C(=O)Nc1ccccc1-c1ccc(C)cc1. The normalized spacial score (nSPS) is 10.6. The third-order valence-corrected chi connectivity index (χ3v) is 4.02. The van der Waals surface area contributed by atoms with E-state index in [0.717, 1.165) is 28.9 Å². The average Bonchev–Trinajstić information content (AvgIpc) is 2.97. The van der Waals surface area contributed by atoms with Gasteiger partial charge in [0, 0.05) is 24.5 Å². The van der Waals surface area contributed by atoms with Crippen LogP contribution in [0.5, 0.6) is 0 Å². The van der Waals surface area contributed by atoms with Crippen molar-refractivity contribution in [3.05, 3.63) is 71.5 Å². The van der Waals surface area contributed by atoms with Gasteiger partial charge in [-0.25, -0.2) is 0 Å². The number of nitrogens with one attached hydrogen (secondary N) is 1. The van der Waals surface area contributed by atoms with Gasteiger partial charge in [0.05, 0.1) is 11.3 Å². The number of para-hydroxylation sites is 1. The molecule has 1 amide bonds. The number of rotatable bonds is 4. The van der Waals surface area contributed by atoms with Crippen molar-refractivity contribution in [2.45, 2.75) is 20.3 Å². The van der Waals surface area contributed by atoms with Crippen LogP contribution < -0.4 is 5.32 Å². The van der Waals surface area contributed by atoms with Crippen molar-refractivity contribution in [2.75, 3.05) is 5.32 Å². The van der Waals surface area contributed by atoms with Gasteiger partial charge >= 0.3 is 0 Å². The topological polar surface area (TPSA) is 46.9 Å². The number of amides is 1. The average molecular weight is 319 g/mol. The van der Waals surface area contributed by atoms with Crippen LogP contribution in [0.4, 0.5) is 5.69 Å². The second kappa shape index (κ2) is 6.71. The van der Waals surface area contributed by atoms with Crippen LogP contribution in [0.1, 0.15) is 28.5 Å². The lowest BCUT2D eigenvalue weighted by Crippen LogP contribution is -2.13. The minimum Gasteiger partial charge on any atom is -0.321 e. The first-order valence-corrected chi connectivity index (χ1v) is 8.08. The fourth-order valence-corrected chi connectivity index (χ4v) is 2.75. The highest BCUT2D eigenvalue weighted by molar-refractivity contribution is 6.06. The van der Waals surface area contributed by atoms with Crippen molar-refractivity contribution in [1.82, 2.24) is 9.78 Å². The molecule has 0 saturated carbocycles. The summed E-state index contributed by atoms with van der Waals surface area (Å²) in [7, 11) is 1.83. The lowest BCUT2D eigenvalue weighted by molar-refractivity contribution is 0.102. The minimum atomic E-state index is -0.125. The minimum absolute atomic E-state index is 0.125. The highest BCUT2D eigenvalue weighted by Crippen LogP contribution is 2.28. The number of aromatic nitrogens is 2. The number of carbonyl (C=O) groups is 1. The number of anilines is 1. The van der Waals surface area contributed by atoms with Crippen LogP contribution in [0.25, 0.3) is 11.1 Å². The standard InChI is InChI=1S/C20H21N3O/c1-4-18-17(13-23(3)22-18)20(24)21-19-8-6-5-7-16(19)15-11-9-14(2)10-12-15/h5-13H,4H2,1-3H3,(H,21,24). The Hall–Kier alpha value is -2.88. The van der Waals surface area contributed by atoms with E-state index in [1.54, 1.807) is 10.9 Å². The van der Waals surface area contributed by atoms with Crippen molar-refractivity contribution in [2.24, 2.45) is 7.05 Å². The Bertz CT molecular complexity index is 863. The van der Waals surface area contributed by atoms with E-state index in [2.05, 4.69) is 41.6 Å². The summed E-state index contributed by atoms with van der Waals surface area (Å²) < 4.78 is 1.68. The van der Waals surface area contributed by atoms with Gasteiger partial charge in [0.25, 0.3) is 5.91 Å². The predicted molar refractivity (Wildman–Crippen MR) is 97.2 cm³/mol. The number of aryl methyl sites for hydroxylation is 3. The molecule has 0 aliphatic heterocycles. The fourth-order valence-electron chi connectivity index (χ4n) is 2.75. The Labute approximate surface area is 142 Å². The molecule has 0 saturated heterocycles. The summed E-state index contributed by atoms with van der Waals surface area (Å²) in [6.07, 6.45) is 2.49. The van der Waals surface area contributed by atoms with Crippen LogP contribution in [0, 0.1) is 6.92 Å². The summed E-state index contributed by atoms with van der Waals surface area (Å²) in [4.78, 5) is 12.7. The van der Waals surface area contributed by atoms with Gasteiger partial charge in [-0.05, 0) is 25.0 Å². The highest BCUT2D eigenvalue weighted by Gasteiger charge is 2.16. The third-order valence-electron chi connectivity index (χ3n) is 4.02. The number of nitrogens with zero attached hydrogens (tertiary/aromatic N) is 2. The van der Waals surface area contributed by atoms with E-state index < -0.39 is 0 Å². The maximum absolute atomic E-state index is 12.7. The van der Waals surface area contributed by atoms with E-state index in [0.29, 0.717) is 5.56 Å². The Morgan fingerprint density at radius 2 is 1.83 bits per heavy atom. The van der Waals surface area contributed by atoms with Gasteiger partial charge < -0.3 is 5.32 Å². The highest BCUT2D eigenvalue weighted by atomic mass is 16.1. The van der Waals surface area contributed by atoms with E-state index in [-0.39, 0.29) is 5.91 Å². The summed E-state index contributed by atoms with van der Waals surface area (Å²) in [5.74, 6) is -0.125. The molecule has 0 bridgehead atoms. The number of hydrogen-bond donors (Lipinski definition) is 1. The molecule has 0 fully saturated rings. The molecule has 0 spiro atoms. The van der Waals surface area contributed by atoms with Gasteiger partial charge in [-0.2, -0.15) is 5.10 Å². The third kappa shape index (κ3) is 3.23. The molecule has 3 aromatic rings. The molecule has 1 aromatic heterocycles. The van der Waals surface area contributed by atoms with Crippen LogP contribution in [-0.4, -0.2) is 15.7 Å². The molecule has 3 rings (SSSR count). The van der Waals surface area contributed by atoms with E-state index >= 15 is 0 Å². The summed E-state index contributed by atoms with van der Waals surface area (Å²) in [6.45, 7) is 4.06. The van der Waals surface area contributed by atoms with Crippen molar-refractivity contribution in [3.63, 3.8) is 0 Å². The molecule has 24 heavy (non-hydrogen) atoms. The van der Waals surface area contributed by atoms with Gasteiger partial charge in [0.1, 0.15) is 0 Å². The van der Waals surface area contributed by atoms with Gasteiger partial charge in [-0.15, -0.1) is 0 Å². The summed E-state index contributed by atoms with van der Waals surface area (Å²) in [6, 6.07) is 16.1. The smallest absolute Gasteiger partial charge is 0.259 e. The lowest BCUT2D eigenvalue weighted by Gasteiger charge is -2.11. The van der Waals surface area contributed by atoms with Crippen molar-refractivity contribution >= 4 is 11.6 Å². The molecule has 4 heteroatoms. The lowest BCUT2D eigenvalue weighted by atomic mass is 10.0. The van der Waals surface area contributed by atoms with Crippen molar-refractivity contribution < 1.29 is 4.79 Å². The summed E-state index contributed by atoms with van der Waals surface area (Å²) in [5.41, 5.74) is 5.54. The van der Waals surface area contributed by atoms with Crippen LogP contribution in [0.15, 0.2) is 54.7 Å². The fraction of sp³-hybridized carbons (Fsp3) is 0.200. The maximum atomic E-state index is 12.7. The second-order valence-electron chi connectivity index (χ2n) is 5.88. The number of hydrogen-bond acceptors (Lipinski definition) is 2. The van der Waals surface area contributed by atoms with Crippen LogP contribution in [0.3, 0.4) is 0 Å². The first kappa shape index (κ1) is 16.0. The quantitative estimate of drug-likeness (QED) is 0.783. The Morgan fingerprint density at radius 1 is 1.12 bits per heavy atom. The van der Waals surface area contributed by atoms with Gasteiger partial charge in [0.15, 0.2) is 0 Å². The van der Waals surface area contributed by atoms with E-state index in [1.807, 2.05) is 38.2 Å². The van der Waals surface area contributed by atoms with Gasteiger partial charge in [-0.3, -0.25) is 9.48 Å². The molecule has 122 valence electrons. The second-order valence-corrected chi connectivity index (χ2v) is 5.88. The van der Waals surface area contributed by atoms with Crippen molar-refractivity contribution in [1.29, 1.82) is 0 Å². The molecule has 1 heterocycles. The maximum Gasteiger partial charge on any atom is 0.259 e. The molecular formula is C20H21N3O. The summed E-state index contributed by atoms with van der Waals surface area (Å²) in [5, 5.41) is 7.37. The zero-order chi connectivity index (χ0) is 17.1. The monoisotopic (exact) mass is 319 g/mol. The zero-order valence-corrected chi connectivity index (χ0v) is 14.2. The molecule has 0 unspecified atom stereocenters. The zero-order valence-electron chi connectivity index (χ0n) is 14.2. The molecule has 0 aliphatic carbocycles. The number of benzene rings is 2. The first-order chi connectivity index (χ1) is 11.6. The molecule has 4 nitrogen and oxygen atoms in total. The van der Waals surface area contributed by atoms with Crippen LogP contribution in [-0.2, 0) is 13.5 Å². The molecular weight excluding hydrogens is 298 g/mol. The molecule has 0 aliphatic rings. The largest absolute Gasteiger partial charge is 0.321 e. The molecule has 2 aromatic carbocycles. The van der Waals surface area contributed by atoms with Gasteiger partial charge in [-0.1, -0.05) is 55.0 Å². The van der Waals surface area contributed by atoms with Crippen molar-refractivity contribution in [3.8, 4) is 11.1 Å². The molecule has 0 atom stereocenters. The molecule has 0 radical (unpaired) electrons. The van der Waals surface area contributed by atoms with Crippen LogP contribution in [0.2, 0.25) is 0 Å². The van der Waals surface area contributed by atoms with Crippen LogP contribution >= 0.6 is 0 Å². The van der Waals surface area contributed by atoms with E-state index in [4.69, 9.17) is 0 Å². The van der Waals surface area contributed by atoms with Gasteiger partial charge in [0.2, 0.25) is 0 Å². The Morgan fingerprint density at radius 3 is 2.54 bits per heavy atom. The first-order valence-electron chi connectivity index (χ1n) is 8.08. The Kier molecular flexibility index (Phi) is 4.47. The van der Waals surface area contributed by atoms with E-state index in [1.165, 1.54) is 5.56 Å². The predicted octanol–water partition coefficient (Wildman–Crippen LogP) is 4.21. The molecule has 1 N–H and O–H groups in total. The summed E-state index contributed by atoms with van der Waals surface area (Å²) >= 11 is 0. The van der Waals surface area contributed by atoms with E-state index in [9.17, 15) is 4.79 Å².